The van der Waals surface area contributed by atoms with Gasteiger partial charge in [-0.1, -0.05) is 43.1 Å². The van der Waals surface area contributed by atoms with E-state index < -0.39 is 11.9 Å². The standard InChI is InChI=1S/C23H27Cl2FN2O3/c1-4-15(3)27-23(30)21(5-2)28(13-16-6-7-17(24)12-20(16)25)22(29)14-31-19-10-8-18(26)9-11-19/h6-12,15,21H,4-5,13-14H2,1-3H3,(H,27,30)/t15-,21+/m0/s1. The Balaban J connectivity index is 2.24. The summed E-state index contributed by atoms with van der Waals surface area (Å²) in [7, 11) is 0. The van der Waals surface area contributed by atoms with Crippen molar-refractivity contribution in [3.05, 3.63) is 63.9 Å². The summed E-state index contributed by atoms with van der Waals surface area (Å²) < 4.78 is 18.6. The fourth-order valence-electron chi connectivity index (χ4n) is 2.95. The van der Waals surface area contributed by atoms with Crippen LogP contribution in [0.4, 0.5) is 4.39 Å². The molecule has 2 aromatic carbocycles. The van der Waals surface area contributed by atoms with Crippen LogP contribution in [-0.2, 0) is 16.1 Å². The van der Waals surface area contributed by atoms with E-state index in [1.54, 1.807) is 18.2 Å². The van der Waals surface area contributed by atoms with Crippen LogP contribution in [0.2, 0.25) is 10.0 Å². The second-order valence-corrected chi connectivity index (χ2v) is 8.09. The molecule has 1 N–H and O–H groups in total. The van der Waals surface area contributed by atoms with Crippen molar-refractivity contribution in [2.24, 2.45) is 0 Å². The second kappa shape index (κ2) is 11.9. The molecule has 0 aliphatic carbocycles. The van der Waals surface area contributed by atoms with Crippen molar-refractivity contribution in [1.82, 2.24) is 10.2 Å². The van der Waals surface area contributed by atoms with Crippen LogP contribution in [0.15, 0.2) is 42.5 Å². The molecule has 0 radical (unpaired) electrons. The fraction of sp³-hybridized carbons (Fsp3) is 0.391. The minimum absolute atomic E-state index is 0.0203. The molecule has 5 nitrogen and oxygen atoms in total. The first kappa shape index (κ1) is 25.0. The topological polar surface area (TPSA) is 58.6 Å². The van der Waals surface area contributed by atoms with Crippen LogP contribution in [0.25, 0.3) is 0 Å². The van der Waals surface area contributed by atoms with E-state index in [-0.39, 0.29) is 31.0 Å². The summed E-state index contributed by atoms with van der Waals surface area (Å²) in [4.78, 5) is 27.4. The summed E-state index contributed by atoms with van der Waals surface area (Å²) in [5, 5.41) is 3.82. The summed E-state index contributed by atoms with van der Waals surface area (Å²) in [5.74, 6) is -0.666. The predicted molar refractivity (Wildman–Crippen MR) is 121 cm³/mol. The van der Waals surface area contributed by atoms with E-state index in [1.807, 2.05) is 20.8 Å². The number of carbonyl (C=O) groups excluding carboxylic acids is 2. The second-order valence-electron chi connectivity index (χ2n) is 7.24. The summed E-state index contributed by atoms with van der Waals surface area (Å²) in [5.41, 5.74) is 0.663. The normalized spacial score (nSPS) is 12.7. The van der Waals surface area contributed by atoms with Crippen molar-refractivity contribution in [1.29, 1.82) is 0 Å². The van der Waals surface area contributed by atoms with Gasteiger partial charge in [0.05, 0.1) is 0 Å². The lowest BCUT2D eigenvalue weighted by atomic mass is 10.1. The van der Waals surface area contributed by atoms with Gasteiger partial charge in [-0.15, -0.1) is 0 Å². The van der Waals surface area contributed by atoms with Gasteiger partial charge in [-0.3, -0.25) is 9.59 Å². The zero-order chi connectivity index (χ0) is 23.0. The molecule has 0 heterocycles. The lowest BCUT2D eigenvalue weighted by Gasteiger charge is -2.31. The van der Waals surface area contributed by atoms with Crippen LogP contribution in [0.1, 0.15) is 39.2 Å². The average Bonchev–Trinajstić information content (AvgIpc) is 2.74. The number of hydrogen-bond donors (Lipinski definition) is 1. The third-order valence-corrected chi connectivity index (χ3v) is 5.51. The molecule has 0 unspecified atom stereocenters. The van der Waals surface area contributed by atoms with Gasteiger partial charge < -0.3 is 15.0 Å². The van der Waals surface area contributed by atoms with Crippen LogP contribution in [0, 0.1) is 5.82 Å². The number of amides is 2. The largest absolute Gasteiger partial charge is 0.484 e. The molecular weight excluding hydrogens is 442 g/mol. The maximum Gasteiger partial charge on any atom is 0.261 e. The molecule has 0 spiro atoms. The summed E-state index contributed by atoms with van der Waals surface area (Å²) in [6.07, 6.45) is 1.18. The smallest absolute Gasteiger partial charge is 0.261 e. The van der Waals surface area contributed by atoms with Gasteiger partial charge in [-0.2, -0.15) is 0 Å². The van der Waals surface area contributed by atoms with Crippen LogP contribution in [-0.4, -0.2) is 35.4 Å². The highest BCUT2D eigenvalue weighted by Gasteiger charge is 2.30. The molecule has 8 heteroatoms. The molecule has 0 bridgehead atoms. The first-order valence-electron chi connectivity index (χ1n) is 10.2. The number of hydrogen-bond acceptors (Lipinski definition) is 3. The molecule has 2 atom stereocenters. The Morgan fingerprint density at radius 3 is 2.35 bits per heavy atom. The number of carbonyl (C=O) groups is 2. The SMILES string of the molecule is CC[C@H](C(=O)N[C@@H](C)CC)N(Cc1ccc(Cl)cc1Cl)C(=O)COc1ccc(F)cc1. The average molecular weight is 469 g/mol. The van der Waals surface area contributed by atoms with Crippen LogP contribution in [0.5, 0.6) is 5.75 Å². The first-order chi connectivity index (χ1) is 14.7. The van der Waals surface area contributed by atoms with E-state index in [9.17, 15) is 14.0 Å². The van der Waals surface area contributed by atoms with Gasteiger partial charge in [0.2, 0.25) is 5.91 Å². The van der Waals surface area contributed by atoms with E-state index in [2.05, 4.69) is 5.32 Å². The Kier molecular flexibility index (Phi) is 9.59. The molecule has 0 saturated heterocycles. The Morgan fingerprint density at radius 1 is 1.10 bits per heavy atom. The molecule has 168 valence electrons. The fourth-order valence-corrected chi connectivity index (χ4v) is 3.42. The zero-order valence-electron chi connectivity index (χ0n) is 17.8. The van der Waals surface area contributed by atoms with Gasteiger partial charge in [-0.05, 0) is 61.7 Å². The summed E-state index contributed by atoms with van der Waals surface area (Å²) in [6, 6.07) is 9.66. The van der Waals surface area contributed by atoms with Gasteiger partial charge >= 0.3 is 0 Å². The number of nitrogens with zero attached hydrogens (tertiary/aromatic N) is 1. The van der Waals surface area contributed by atoms with E-state index in [1.165, 1.54) is 29.2 Å². The van der Waals surface area contributed by atoms with Gasteiger partial charge in [0, 0.05) is 22.6 Å². The number of ether oxygens (including phenoxy) is 1. The van der Waals surface area contributed by atoms with Crippen molar-refractivity contribution < 1.29 is 18.7 Å². The minimum atomic E-state index is -0.704. The van der Waals surface area contributed by atoms with Gasteiger partial charge in [0.1, 0.15) is 17.6 Å². The van der Waals surface area contributed by atoms with E-state index in [0.717, 1.165) is 6.42 Å². The van der Waals surface area contributed by atoms with Crippen molar-refractivity contribution in [2.75, 3.05) is 6.61 Å². The number of halogens is 3. The zero-order valence-corrected chi connectivity index (χ0v) is 19.3. The number of benzene rings is 2. The van der Waals surface area contributed by atoms with Crippen molar-refractivity contribution in [3.8, 4) is 5.75 Å². The molecule has 0 aromatic heterocycles. The number of nitrogens with one attached hydrogen (secondary N) is 1. The van der Waals surface area contributed by atoms with Crippen molar-refractivity contribution in [2.45, 2.75) is 52.2 Å². The minimum Gasteiger partial charge on any atom is -0.484 e. The van der Waals surface area contributed by atoms with E-state index in [0.29, 0.717) is 27.8 Å². The van der Waals surface area contributed by atoms with E-state index in [4.69, 9.17) is 27.9 Å². The Bertz CT molecular complexity index is 893. The van der Waals surface area contributed by atoms with Gasteiger partial charge in [0.15, 0.2) is 6.61 Å². The molecule has 0 aliphatic heterocycles. The summed E-state index contributed by atoms with van der Waals surface area (Å²) >= 11 is 12.3. The Morgan fingerprint density at radius 2 is 1.77 bits per heavy atom. The predicted octanol–water partition coefficient (Wildman–Crippen LogP) is 5.23. The van der Waals surface area contributed by atoms with Crippen LogP contribution in [0.3, 0.4) is 0 Å². The van der Waals surface area contributed by atoms with Gasteiger partial charge in [0.25, 0.3) is 5.91 Å². The molecule has 31 heavy (non-hydrogen) atoms. The van der Waals surface area contributed by atoms with Crippen LogP contribution >= 0.6 is 23.2 Å². The number of rotatable bonds is 10. The third-order valence-electron chi connectivity index (χ3n) is 4.92. The molecule has 2 aromatic rings. The molecule has 0 fully saturated rings. The molecular formula is C23H27Cl2FN2O3. The lowest BCUT2D eigenvalue weighted by molar-refractivity contribution is -0.143. The highest BCUT2D eigenvalue weighted by Crippen LogP contribution is 2.24. The van der Waals surface area contributed by atoms with E-state index >= 15 is 0 Å². The highest BCUT2D eigenvalue weighted by molar-refractivity contribution is 6.35. The monoisotopic (exact) mass is 468 g/mol. The maximum absolute atomic E-state index is 13.1. The highest BCUT2D eigenvalue weighted by atomic mass is 35.5. The third kappa shape index (κ3) is 7.40. The Hall–Kier alpha value is -2.31. The Labute approximate surface area is 192 Å². The molecule has 2 rings (SSSR count). The van der Waals surface area contributed by atoms with Crippen LogP contribution < -0.4 is 10.1 Å². The van der Waals surface area contributed by atoms with Crippen molar-refractivity contribution >= 4 is 35.0 Å². The maximum atomic E-state index is 13.1. The first-order valence-corrected chi connectivity index (χ1v) is 10.9. The van der Waals surface area contributed by atoms with Crippen molar-refractivity contribution in [3.63, 3.8) is 0 Å². The molecule has 2 amide bonds. The summed E-state index contributed by atoms with van der Waals surface area (Å²) in [6.45, 7) is 5.53. The lowest BCUT2D eigenvalue weighted by Crippen LogP contribution is -2.51. The quantitative estimate of drug-likeness (QED) is 0.518. The molecule has 0 saturated carbocycles. The molecule has 0 aliphatic rings. The van der Waals surface area contributed by atoms with Gasteiger partial charge in [-0.25, -0.2) is 4.39 Å².